The van der Waals surface area contributed by atoms with Gasteiger partial charge in [-0.3, -0.25) is 14.1 Å². The quantitative estimate of drug-likeness (QED) is 0.833. The zero-order chi connectivity index (χ0) is 16.8. The van der Waals surface area contributed by atoms with Crippen LogP contribution in [0.4, 0.5) is 0 Å². The van der Waals surface area contributed by atoms with Crippen molar-refractivity contribution >= 4 is 5.65 Å². The van der Waals surface area contributed by atoms with E-state index in [1.54, 1.807) is 18.3 Å². The van der Waals surface area contributed by atoms with Crippen molar-refractivity contribution in [2.24, 2.45) is 0 Å². The maximum atomic E-state index is 12.0. The average Bonchev–Trinajstić information content (AvgIpc) is 2.46. The van der Waals surface area contributed by atoms with Crippen molar-refractivity contribution in [3.05, 3.63) is 40.3 Å². The van der Waals surface area contributed by atoms with Gasteiger partial charge in [-0.1, -0.05) is 6.07 Å². The van der Waals surface area contributed by atoms with Crippen LogP contribution >= 0.6 is 0 Å². The summed E-state index contributed by atoms with van der Waals surface area (Å²) in [5, 5.41) is 20.4. The molecule has 3 rings (SSSR count). The number of rotatable bonds is 1. The predicted octanol–water partition coefficient (Wildman–Crippen LogP) is 1.48. The fourth-order valence-corrected chi connectivity index (χ4v) is 3.20. The first kappa shape index (κ1) is 16.0. The van der Waals surface area contributed by atoms with Crippen molar-refractivity contribution in [3.63, 3.8) is 0 Å². The lowest BCUT2D eigenvalue weighted by atomic mass is 9.84. The second-order valence-corrected chi connectivity index (χ2v) is 7.29. The number of fused-ring (bicyclic) bond motifs is 1. The number of aromatic hydroxyl groups is 1. The molecule has 2 aromatic heterocycles. The molecule has 1 fully saturated rings. The smallest absolute Gasteiger partial charge is 0.261 e. The Morgan fingerprint density at radius 2 is 1.87 bits per heavy atom. The van der Waals surface area contributed by atoms with Crippen LogP contribution in [0.3, 0.4) is 0 Å². The van der Waals surface area contributed by atoms with Crippen LogP contribution in [0.15, 0.2) is 29.2 Å². The fourth-order valence-electron chi connectivity index (χ4n) is 3.20. The van der Waals surface area contributed by atoms with Gasteiger partial charge in [-0.2, -0.15) is 4.98 Å². The van der Waals surface area contributed by atoms with E-state index in [2.05, 4.69) is 30.7 Å². The number of pyridine rings is 1. The summed E-state index contributed by atoms with van der Waals surface area (Å²) in [4.78, 5) is 18.3. The predicted molar refractivity (Wildman–Crippen MR) is 87.6 cm³/mol. The summed E-state index contributed by atoms with van der Waals surface area (Å²) in [5.74, 6) is -0.292. The van der Waals surface area contributed by atoms with Crippen LogP contribution in [-0.4, -0.2) is 43.1 Å². The van der Waals surface area contributed by atoms with Crippen LogP contribution in [0, 0.1) is 0 Å². The molecule has 2 aromatic rings. The minimum absolute atomic E-state index is 0.0864. The Kier molecular flexibility index (Phi) is 3.69. The Balaban J connectivity index is 1.93. The SMILES string of the molecule is CC(C)(C)N1CCC(O)(c2ccc3nc(O)cc(=O)n3c2)CC1. The molecule has 0 spiro atoms. The zero-order valence-electron chi connectivity index (χ0n) is 13.8. The van der Waals surface area contributed by atoms with Gasteiger partial charge in [-0.15, -0.1) is 0 Å². The molecule has 1 saturated heterocycles. The van der Waals surface area contributed by atoms with Crippen LogP contribution in [0.25, 0.3) is 5.65 Å². The van der Waals surface area contributed by atoms with Crippen LogP contribution in [0.2, 0.25) is 0 Å². The number of hydrogen-bond donors (Lipinski definition) is 2. The summed E-state index contributed by atoms with van der Waals surface area (Å²) in [6.07, 6.45) is 2.88. The maximum absolute atomic E-state index is 12.0. The molecule has 1 aliphatic heterocycles. The zero-order valence-corrected chi connectivity index (χ0v) is 13.8. The van der Waals surface area contributed by atoms with Gasteiger partial charge in [-0.05, 0) is 39.7 Å². The van der Waals surface area contributed by atoms with Crippen molar-refractivity contribution in [3.8, 4) is 5.88 Å². The number of piperidine rings is 1. The molecule has 0 aliphatic carbocycles. The van der Waals surface area contributed by atoms with E-state index in [1.807, 2.05) is 0 Å². The number of hydrogen-bond acceptors (Lipinski definition) is 5. The molecule has 0 aromatic carbocycles. The van der Waals surface area contributed by atoms with E-state index in [0.29, 0.717) is 24.1 Å². The molecular formula is C17H23N3O3. The van der Waals surface area contributed by atoms with Gasteiger partial charge in [0.2, 0.25) is 5.88 Å². The van der Waals surface area contributed by atoms with Crippen LogP contribution in [-0.2, 0) is 5.60 Å². The molecule has 3 heterocycles. The normalized spacial score (nSPS) is 19.1. The van der Waals surface area contributed by atoms with Crippen LogP contribution < -0.4 is 5.56 Å². The highest BCUT2D eigenvalue weighted by molar-refractivity contribution is 5.42. The van der Waals surface area contributed by atoms with Gasteiger partial charge < -0.3 is 10.2 Å². The molecular weight excluding hydrogens is 294 g/mol. The third kappa shape index (κ3) is 2.96. The molecule has 1 aliphatic rings. The summed E-state index contributed by atoms with van der Waals surface area (Å²) < 4.78 is 1.36. The van der Waals surface area contributed by atoms with Gasteiger partial charge >= 0.3 is 0 Å². The number of aromatic nitrogens is 2. The highest BCUT2D eigenvalue weighted by Gasteiger charge is 2.37. The number of nitrogens with zero attached hydrogens (tertiary/aromatic N) is 3. The lowest BCUT2D eigenvalue weighted by Crippen LogP contribution is -2.50. The largest absolute Gasteiger partial charge is 0.493 e. The molecule has 124 valence electrons. The van der Waals surface area contributed by atoms with Gasteiger partial charge in [0.05, 0.1) is 11.7 Å². The minimum Gasteiger partial charge on any atom is -0.493 e. The Bertz CT molecular complexity index is 784. The lowest BCUT2D eigenvalue weighted by molar-refractivity contribution is -0.0463. The average molecular weight is 317 g/mol. The Morgan fingerprint density at radius 3 is 2.48 bits per heavy atom. The fraction of sp³-hybridized carbons (Fsp3) is 0.529. The highest BCUT2D eigenvalue weighted by atomic mass is 16.3. The first-order chi connectivity index (χ1) is 10.7. The molecule has 0 amide bonds. The first-order valence-corrected chi connectivity index (χ1v) is 7.89. The molecule has 23 heavy (non-hydrogen) atoms. The molecule has 0 radical (unpaired) electrons. The van der Waals surface area contributed by atoms with E-state index in [0.717, 1.165) is 19.2 Å². The summed E-state index contributed by atoms with van der Waals surface area (Å²) >= 11 is 0. The second-order valence-electron chi connectivity index (χ2n) is 7.29. The summed E-state index contributed by atoms with van der Waals surface area (Å²) in [7, 11) is 0. The van der Waals surface area contributed by atoms with Crippen molar-refractivity contribution in [1.29, 1.82) is 0 Å². The Morgan fingerprint density at radius 1 is 1.22 bits per heavy atom. The van der Waals surface area contributed by atoms with E-state index in [-0.39, 0.29) is 17.0 Å². The van der Waals surface area contributed by atoms with Gasteiger partial charge in [0.15, 0.2) is 0 Å². The van der Waals surface area contributed by atoms with Gasteiger partial charge in [0.25, 0.3) is 5.56 Å². The third-order valence-electron chi connectivity index (χ3n) is 4.72. The second kappa shape index (κ2) is 5.32. The van der Waals surface area contributed by atoms with E-state index in [4.69, 9.17) is 0 Å². The van der Waals surface area contributed by atoms with Crippen molar-refractivity contribution < 1.29 is 10.2 Å². The summed E-state index contributed by atoms with van der Waals surface area (Å²) in [5.41, 5.74) is -0.121. The molecule has 0 atom stereocenters. The molecule has 6 heteroatoms. The lowest BCUT2D eigenvalue weighted by Gasteiger charge is -2.44. The monoisotopic (exact) mass is 317 g/mol. The van der Waals surface area contributed by atoms with E-state index in [9.17, 15) is 15.0 Å². The standard InChI is InChI=1S/C17H23N3O3/c1-16(2,3)19-8-6-17(23,7-9-19)12-4-5-13-18-14(21)10-15(22)20(13)11-12/h4-5,10-11,21,23H,6-9H2,1-3H3. The molecule has 0 unspecified atom stereocenters. The molecule has 6 nitrogen and oxygen atoms in total. The Labute approximate surface area is 135 Å². The molecule has 0 bridgehead atoms. The van der Waals surface area contributed by atoms with Crippen molar-refractivity contribution in [2.75, 3.05) is 13.1 Å². The summed E-state index contributed by atoms with van der Waals surface area (Å²) in [6.45, 7) is 8.13. The molecule has 0 saturated carbocycles. The molecule has 2 N–H and O–H groups in total. The van der Waals surface area contributed by atoms with Gasteiger partial charge in [-0.25, -0.2) is 0 Å². The van der Waals surface area contributed by atoms with E-state index in [1.165, 1.54) is 4.40 Å². The first-order valence-electron chi connectivity index (χ1n) is 7.89. The highest BCUT2D eigenvalue weighted by Crippen LogP contribution is 2.34. The topological polar surface area (TPSA) is 78.1 Å². The van der Waals surface area contributed by atoms with Crippen LogP contribution in [0.1, 0.15) is 39.2 Å². The summed E-state index contributed by atoms with van der Waals surface area (Å²) in [6, 6.07) is 4.52. The van der Waals surface area contributed by atoms with Crippen molar-refractivity contribution in [1.82, 2.24) is 14.3 Å². The van der Waals surface area contributed by atoms with E-state index < -0.39 is 5.60 Å². The number of likely N-dealkylation sites (tertiary alicyclic amines) is 1. The number of aliphatic hydroxyl groups is 1. The third-order valence-corrected chi connectivity index (χ3v) is 4.72. The minimum atomic E-state index is -0.937. The van der Waals surface area contributed by atoms with Crippen LogP contribution in [0.5, 0.6) is 5.88 Å². The Hall–Kier alpha value is -1.92. The van der Waals surface area contributed by atoms with Gasteiger partial charge in [0.1, 0.15) is 5.65 Å². The van der Waals surface area contributed by atoms with E-state index >= 15 is 0 Å². The van der Waals surface area contributed by atoms with Gasteiger partial charge in [0, 0.05) is 30.4 Å². The van der Waals surface area contributed by atoms with Crippen molar-refractivity contribution in [2.45, 2.75) is 44.8 Å². The maximum Gasteiger partial charge on any atom is 0.261 e.